The molecule has 16 nitrogen and oxygen atoms in total. The normalized spacial score (nSPS) is 28.6. The van der Waals surface area contributed by atoms with Crippen molar-refractivity contribution in [2.75, 3.05) is 24.7 Å². The summed E-state index contributed by atoms with van der Waals surface area (Å²) in [5, 5.41) is 56.4. The number of hydrogen-bond donors (Lipinski definition) is 3. The van der Waals surface area contributed by atoms with Gasteiger partial charge in [0.1, 0.15) is 36.6 Å². The molecule has 12 unspecified atom stereocenters. The molecule has 0 spiro atoms. The Labute approximate surface area is 436 Å². The standard InChI is InChI=1S/C29H64O8SSi3.C11H22O8S.2Na/c1-18-21(2)19-31-26-25(35-41(16,17)29(9,10)11)24(34-40(14,15)28(6,7)8)23(22(32-26)20-38-37-36-30)33-39(12,13)27(3,4)5;1-3-6(2)4-16-11-10(14)9(13)8(12)7(17-11)5-20-19-18-15;;/h21-26,30H,18-20H2,1-17H3;6-15H,3-5H2,1-2H3;;/q;;2*+1/p-2. The third-order valence-electron chi connectivity index (χ3n) is 13.1. The topological polar surface area (TPSA) is 208 Å². The van der Waals surface area contributed by atoms with Gasteiger partial charge in [0.15, 0.2) is 37.5 Å². The van der Waals surface area contributed by atoms with Gasteiger partial charge in [-0.15, -0.1) is 0 Å². The van der Waals surface area contributed by atoms with E-state index in [1.807, 2.05) is 13.8 Å². The molecule has 0 radical (unpaired) electrons. The van der Waals surface area contributed by atoms with Gasteiger partial charge in [0.05, 0.1) is 36.9 Å². The second-order valence-corrected chi connectivity index (χ2v) is 36.8. The molecule has 0 aromatic heterocycles. The van der Waals surface area contributed by atoms with Crippen molar-refractivity contribution in [2.45, 2.75) is 219 Å². The van der Waals surface area contributed by atoms with E-state index in [0.717, 1.165) is 24.9 Å². The third kappa shape index (κ3) is 21.5. The molecule has 0 aromatic carbocycles. The van der Waals surface area contributed by atoms with E-state index in [2.05, 4.69) is 130 Å². The molecule has 12 atom stereocenters. The van der Waals surface area contributed by atoms with Crippen LogP contribution in [0.5, 0.6) is 0 Å². The second-order valence-electron chi connectivity index (χ2n) is 21.1. The number of aliphatic hydroxyl groups excluding tert-OH is 3. The van der Waals surface area contributed by atoms with Gasteiger partial charge < -0.3 is 58.1 Å². The third-order valence-corrected chi connectivity index (χ3v) is 27.7. The maximum atomic E-state index is 10.7. The van der Waals surface area contributed by atoms with E-state index in [1.165, 1.54) is 0 Å². The van der Waals surface area contributed by atoms with E-state index < -0.39 is 86.4 Å². The van der Waals surface area contributed by atoms with Gasteiger partial charge in [-0.05, 0) is 66.2 Å². The summed E-state index contributed by atoms with van der Waals surface area (Å²) >= 11 is 1.55. The first-order chi connectivity index (χ1) is 27.8. The molecule has 2 saturated heterocycles. The summed E-state index contributed by atoms with van der Waals surface area (Å²) in [7, 11) is -6.93. The molecule has 3 N–H and O–H groups in total. The van der Waals surface area contributed by atoms with Crippen LogP contribution in [0.2, 0.25) is 54.4 Å². The van der Waals surface area contributed by atoms with Crippen molar-refractivity contribution in [3.8, 4) is 0 Å². The molecule has 2 rings (SSSR count). The quantitative estimate of drug-likeness (QED) is 0.0445. The number of hydrogen-bond acceptors (Lipinski definition) is 18. The van der Waals surface area contributed by atoms with Gasteiger partial charge in [0.25, 0.3) is 0 Å². The maximum absolute atomic E-state index is 10.7. The van der Waals surface area contributed by atoms with Crippen molar-refractivity contribution < 1.29 is 136 Å². The van der Waals surface area contributed by atoms with Crippen LogP contribution in [0.4, 0.5) is 0 Å². The Bertz CT molecular complexity index is 1230. The zero-order valence-electron chi connectivity index (χ0n) is 42.6. The van der Waals surface area contributed by atoms with E-state index in [-0.39, 0.29) is 85.9 Å². The first-order valence-corrected chi connectivity index (χ1v) is 32.1. The molecule has 0 amide bonds. The minimum Gasteiger partial charge on any atom is -0.691 e. The van der Waals surface area contributed by atoms with E-state index >= 15 is 0 Å². The Balaban J connectivity index is 0. The first-order valence-electron chi connectivity index (χ1n) is 21.6. The summed E-state index contributed by atoms with van der Waals surface area (Å²) in [5.41, 5.74) is 0. The molecule has 63 heavy (non-hydrogen) atoms. The fourth-order valence-electron chi connectivity index (χ4n) is 5.27. The summed E-state index contributed by atoms with van der Waals surface area (Å²) in [6.07, 6.45) is -6.55. The Kier molecular flexibility index (Phi) is 32.2. The molecule has 2 aliphatic rings. The molecule has 0 saturated carbocycles. The van der Waals surface area contributed by atoms with Crippen LogP contribution in [-0.4, -0.2) is 126 Å². The molecule has 0 aromatic rings. The largest absolute Gasteiger partial charge is 1.00 e. The zero-order valence-corrected chi connectivity index (χ0v) is 51.3. The van der Waals surface area contributed by atoms with Crippen LogP contribution in [0.3, 0.4) is 0 Å². The molecule has 0 aliphatic carbocycles. The van der Waals surface area contributed by atoms with E-state index in [1.54, 1.807) is 0 Å². The monoisotopic (exact) mass is 1010 g/mol. The molecule has 2 heterocycles. The molecule has 23 heteroatoms. The Morgan fingerprint density at radius 3 is 1.27 bits per heavy atom. The fourth-order valence-corrected chi connectivity index (χ4v) is 10.2. The molecule has 2 fully saturated rings. The van der Waals surface area contributed by atoms with Crippen LogP contribution < -0.4 is 69.6 Å². The van der Waals surface area contributed by atoms with Gasteiger partial charge in [-0.25, -0.2) is 0 Å². The van der Waals surface area contributed by atoms with Crippen LogP contribution in [0.1, 0.15) is 103 Å². The molecular weight excluding hydrogens is 931 g/mol. The van der Waals surface area contributed by atoms with E-state index in [4.69, 9.17) is 36.6 Å². The molecule has 0 bridgehead atoms. The Hall–Kier alpha value is 2.71. The molecule has 366 valence electrons. The minimum absolute atomic E-state index is 0. The Morgan fingerprint density at radius 2 is 0.889 bits per heavy atom. The van der Waals surface area contributed by atoms with Gasteiger partial charge in [-0.3, -0.25) is 10.1 Å². The Morgan fingerprint density at radius 1 is 0.540 bits per heavy atom. The summed E-state index contributed by atoms with van der Waals surface area (Å²) in [4.78, 5) is 0. The van der Waals surface area contributed by atoms with E-state index in [9.17, 15) is 25.8 Å². The maximum Gasteiger partial charge on any atom is 1.00 e. The van der Waals surface area contributed by atoms with Crippen LogP contribution in [0, 0.1) is 11.8 Å². The van der Waals surface area contributed by atoms with Crippen LogP contribution in [0.15, 0.2) is 0 Å². The van der Waals surface area contributed by atoms with Gasteiger partial charge in [-0.1, -0.05) is 103 Å². The summed E-state index contributed by atoms with van der Waals surface area (Å²) in [6.45, 7) is 42.9. The molecule has 2 aliphatic heterocycles. The molecular formula is C40H84Na2O16S2Si3. The number of rotatable bonds is 22. The second kappa shape index (κ2) is 29.9. The first kappa shape index (κ1) is 67.8. The van der Waals surface area contributed by atoms with Crippen molar-refractivity contribution >= 4 is 49.0 Å². The fraction of sp³-hybridized carbons (Fsp3) is 1.00. The summed E-state index contributed by atoms with van der Waals surface area (Å²) in [6, 6.07) is 0. The van der Waals surface area contributed by atoms with Crippen molar-refractivity contribution in [3.63, 3.8) is 0 Å². The predicted molar refractivity (Wildman–Crippen MR) is 242 cm³/mol. The summed E-state index contributed by atoms with van der Waals surface area (Å²) < 4.78 is 54.6. The van der Waals surface area contributed by atoms with Crippen molar-refractivity contribution in [3.05, 3.63) is 0 Å². The van der Waals surface area contributed by atoms with Gasteiger partial charge >= 0.3 is 59.1 Å². The van der Waals surface area contributed by atoms with Crippen molar-refractivity contribution in [1.29, 1.82) is 0 Å². The van der Waals surface area contributed by atoms with Crippen LogP contribution in [-0.2, 0) is 51.0 Å². The van der Waals surface area contributed by atoms with Gasteiger partial charge in [0.2, 0.25) is 0 Å². The van der Waals surface area contributed by atoms with Gasteiger partial charge in [-0.2, -0.15) is 8.67 Å². The van der Waals surface area contributed by atoms with Crippen molar-refractivity contribution in [1.82, 2.24) is 0 Å². The average molecular weight is 1020 g/mol. The number of ether oxygens (including phenoxy) is 4. The van der Waals surface area contributed by atoms with E-state index in [0.29, 0.717) is 36.9 Å². The summed E-state index contributed by atoms with van der Waals surface area (Å²) in [5.74, 6) is 0.989. The van der Waals surface area contributed by atoms with Crippen LogP contribution in [0.25, 0.3) is 0 Å². The van der Waals surface area contributed by atoms with Crippen LogP contribution >= 0.6 is 24.1 Å². The predicted octanol–water partition coefficient (Wildman–Crippen LogP) is 0.553. The average Bonchev–Trinajstić information content (AvgIpc) is 3.14. The smallest absolute Gasteiger partial charge is 0.691 e. The zero-order chi connectivity index (χ0) is 47.4. The SMILES string of the molecule is CCC(C)COC1OC(CSOO[O-])C(O)C(O)C1O.CCC(C)COC1OC(CSOO[O-])C(O[Si](C)(C)C(C)(C)C)C(O[Si](C)(C)C(C)(C)C)C1O[Si](C)(C)C(C)(C)C.[Na+].[Na+]. The van der Waals surface area contributed by atoms with Gasteiger partial charge in [0, 0.05) is 24.1 Å². The number of aliphatic hydroxyl groups is 3. The minimum atomic E-state index is -2.32. The van der Waals surface area contributed by atoms with Crippen molar-refractivity contribution in [2.24, 2.45) is 11.8 Å².